The standard InChI is InChI=1S/C10H6ClF2N3O2S/c11-9-4-14-5-10(15-9)16-19(17,18)6-1-2-7(12)8(13)3-6/h1-5H,(H,15,16). The van der Waals surface area contributed by atoms with E-state index in [1.165, 1.54) is 6.20 Å². The van der Waals surface area contributed by atoms with E-state index >= 15 is 0 Å². The number of nitrogens with one attached hydrogen (secondary N) is 1. The van der Waals surface area contributed by atoms with Gasteiger partial charge in [-0.15, -0.1) is 0 Å². The van der Waals surface area contributed by atoms with Gasteiger partial charge in [-0.25, -0.2) is 22.2 Å². The van der Waals surface area contributed by atoms with Gasteiger partial charge >= 0.3 is 0 Å². The fraction of sp³-hybridized carbons (Fsp3) is 0. The molecular formula is C10H6ClF2N3O2S. The Morgan fingerprint density at radius 2 is 1.89 bits per heavy atom. The third-order valence-electron chi connectivity index (χ3n) is 2.05. The SMILES string of the molecule is O=S(=O)(Nc1cncc(Cl)n1)c1ccc(F)c(F)c1. The molecule has 2 aromatic rings. The van der Waals surface area contributed by atoms with Gasteiger partial charge in [-0.05, 0) is 18.2 Å². The van der Waals surface area contributed by atoms with Crippen molar-refractivity contribution in [3.05, 3.63) is 47.4 Å². The summed E-state index contributed by atoms with van der Waals surface area (Å²) in [5.74, 6) is -2.53. The number of sulfonamides is 1. The lowest BCUT2D eigenvalue weighted by atomic mass is 10.3. The van der Waals surface area contributed by atoms with Gasteiger partial charge in [0.15, 0.2) is 17.5 Å². The first-order valence-corrected chi connectivity index (χ1v) is 6.70. The molecule has 0 bridgehead atoms. The Morgan fingerprint density at radius 1 is 1.16 bits per heavy atom. The molecule has 0 saturated carbocycles. The number of rotatable bonds is 3. The quantitative estimate of drug-likeness (QED) is 0.943. The number of anilines is 1. The second-order valence-corrected chi connectivity index (χ2v) is 5.48. The summed E-state index contributed by atoms with van der Waals surface area (Å²) in [6.45, 7) is 0. The van der Waals surface area contributed by atoms with Crippen molar-refractivity contribution in [2.24, 2.45) is 0 Å². The van der Waals surface area contributed by atoms with E-state index < -0.39 is 26.6 Å². The van der Waals surface area contributed by atoms with Gasteiger partial charge in [0.1, 0.15) is 5.15 Å². The number of halogens is 3. The van der Waals surface area contributed by atoms with Gasteiger partial charge in [0.25, 0.3) is 10.0 Å². The number of nitrogens with zero attached hydrogens (tertiary/aromatic N) is 2. The van der Waals surface area contributed by atoms with Crippen molar-refractivity contribution < 1.29 is 17.2 Å². The van der Waals surface area contributed by atoms with Crippen LogP contribution in [-0.4, -0.2) is 18.4 Å². The van der Waals surface area contributed by atoms with Crippen molar-refractivity contribution in [3.63, 3.8) is 0 Å². The highest BCUT2D eigenvalue weighted by atomic mass is 35.5. The summed E-state index contributed by atoms with van der Waals surface area (Å²) in [7, 11) is -4.09. The maximum atomic E-state index is 13.0. The molecule has 0 radical (unpaired) electrons. The smallest absolute Gasteiger partial charge is 0.262 e. The molecule has 0 aliphatic rings. The van der Waals surface area contributed by atoms with Crippen LogP contribution in [0.5, 0.6) is 0 Å². The fourth-order valence-electron chi connectivity index (χ4n) is 1.23. The van der Waals surface area contributed by atoms with Crippen molar-refractivity contribution in [2.45, 2.75) is 4.90 Å². The molecule has 0 amide bonds. The molecule has 0 atom stereocenters. The Kier molecular flexibility index (Phi) is 3.63. The van der Waals surface area contributed by atoms with Crippen LogP contribution in [0, 0.1) is 11.6 Å². The Balaban J connectivity index is 2.35. The van der Waals surface area contributed by atoms with Crippen LogP contribution in [0.3, 0.4) is 0 Å². The lowest BCUT2D eigenvalue weighted by molar-refractivity contribution is 0.504. The van der Waals surface area contributed by atoms with E-state index in [0.717, 1.165) is 12.3 Å². The van der Waals surface area contributed by atoms with E-state index in [4.69, 9.17) is 11.6 Å². The predicted octanol–water partition coefficient (Wildman–Crippen LogP) is 2.21. The summed E-state index contributed by atoms with van der Waals surface area (Å²) < 4.78 is 51.5. The van der Waals surface area contributed by atoms with Crippen LogP contribution in [0.4, 0.5) is 14.6 Å². The Bertz CT molecular complexity index is 724. The first-order chi connectivity index (χ1) is 8.88. The highest BCUT2D eigenvalue weighted by Crippen LogP contribution is 2.17. The molecule has 1 heterocycles. The summed E-state index contributed by atoms with van der Waals surface area (Å²) in [6, 6.07) is 2.21. The molecule has 1 aromatic carbocycles. The summed E-state index contributed by atoms with van der Waals surface area (Å²) in [6.07, 6.45) is 2.35. The van der Waals surface area contributed by atoms with Crippen LogP contribution < -0.4 is 4.72 Å². The van der Waals surface area contributed by atoms with Crippen LogP contribution in [-0.2, 0) is 10.0 Å². The number of hydrogen-bond acceptors (Lipinski definition) is 4. The van der Waals surface area contributed by atoms with Gasteiger partial charge in [0.2, 0.25) is 0 Å². The van der Waals surface area contributed by atoms with Crippen LogP contribution in [0.25, 0.3) is 0 Å². The summed E-state index contributed by atoms with van der Waals surface area (Å²) in [5.41, 5.74) is 0. The maximum Gasteiger partial charge on any atom is 0.263 e. The topological polar surface area (TPSA) is 72.0 Å². The van der Waals surface area contributed by atoms with Crippen molar-refractivity contribution in [3.8, 4) is 0 Å². The third kappa shape index (κ3) is 3.15. The van der Waals surface area contributed by atoms with Gasteiger partial charge in [-0.3, -0.25) is 9.71 Å². The zero-order valence-corrected chi connectivity index (χ0v) is 10.7. The largest absolute Gasteiger partial charge is 0.263 e. The van der Waals surface area contributed by atoms with Crippen molar-refractivity contribution >= 4 is 27.4 Å². The molecule has 9 heteroatoms. The monoisotopic (exact) mass is 305 g/mol. The second-order valence-electron chi connectivity index (χ2n) is 3.41. The minimum absolute atomic E-state index is 0.00881. The number of hydrogen-bond donors (Lipinski definition) is 1. The molecule has 100 valence electrons. The molecule has 2 rings (SSSR count). The van der Waals surface area contributed by atoms with Crippen molar-refractivity contribution in [1.82, 2.24) is 9.97 Å². The Hall–Kier alpha value is -1.80. The lowest BCUT2D eigenvalue weighted by Gasteiger charge is -2.07. The van der Waals surface area contributed by atoms with Crippen molar-refractivity contribution in [1.29, 1.82) is 0 Å². The highest BCUT2D eigenvalue weighted by Gasteiger charge is 2.17. The highest BCUT2D eigenvalue weighted by molar-refractivity contribution is 7.92. The third-order valence-corrected chi connectivity index (χ3v) is 3.58. The maximum absolute atomic E-state index is 13.0. The molecule has 1 aromatic heterocycles. The average Bonchev–Trinajstić information content (AvgIpc) is 2.32. The van der Waals surface area contributed by atoms with Gasteiger partial charge in [0.05, 0.1) is 17.3 Å². The zero-order valence-electron chi connectivity index (χ0n) is 9.14. The minimum atomic E-state index is -4.09. The van der Waals surface area contributed by atoms with E-state index in [9.17, 15) is 17.2 Å². The lowest BCUT2D eigenvalue weighted by Crippen LogP contribution is -2.14. The Labute approximate surface area is 112 Å². The van der Waals surface area contributed by atoms with E-state index in [0.29, 0.717) is 12.1 Å². The van der Waals surface area contributed by atoms with Gasteiger partial charge in [-0.1, -0.05) is 11.6 Å². The summed E-state index contributed by atoms with van der Waals surface area (Å²) in [4.78, 5) is 6.87. The van der Waals surface area contributed by atoms with Gasteiger partial charge < -0.3 is 0 Å². The van der Waals surface area contributed by atoms with Crippen LogP contribution in [0.1, 0.15) is 0 Å². The molecule has 19 heavy (non-hydrogen) atoms. The second kappa shape index (κ2) is 5.06. The average molecular weight is 306 g/mol. The number of aromatic nitrogens is 2. The first kappa shape index (κ1) is 13.6. The Morgan fingerprint density at radius 3 is 2.53 bits per heavy atom. The van der Waals surface area contributed by atoms with Gasteiger partial charge in [0, 0.05) is 0 Å². The summed E-state index contributed by atoms with van der Waals surface area (Å²) >= 11 is 5.55. The van der Waals surface area contributed by atoms with Gasteiger partial charge in [-0.2, -0.15) is 0 Å². The first-order valence-electron chi connectivity index (χ1n) is 4.84. The number of benzene rings is 1. The van der Waals surface area contributed by atoms with E-state index in [1.807, 2.05) is 4.72 Å². The molecule has 0 fully saturated rings. The van der Waals surface area contributed by atoms with Crippen LogP contribution in [0.2, 0.25) is 5.15 Å². The van der Waals surface area contributed by atoms with Crippen LogP contribution in [0.15, 0.2) is 35.5 Å². The molecular weight excluding hydrogens is 300 g/mol. The molecule has 0 unspecified atom stereocenters. The van der Waals surface area contributed by atoms with E-state index in [1.54, 1.807) is 0 Å². The zero-order chi connectivity index (χ0) is 14.0. The molecule has 0 aliphatic heterocycles. The molecule has 0 spiro atoms. The van der Waals surface area contributed by atoms with Crippen molar-refractivity contribution in [2.75, 3.05) is 4.72 Å². The molecule has 0 aliphatic carbocycles. The molecule has 5 nitrogen and oxygen atoms in total. The molecule has 1 N–H and O–H groups in total. The molecule has 0 saturated heterocycles. The fourth-order valence-corrected chi connectivity index (χ4v) is 2.38. The minimum Gasteiger partial charge on any atom is -0.262 e. The van der Waals surface area contributed by atoms with Crippen LogP contribution >= 0.6 is 11.6 Å². The van der Waals surface area contributed by atoms with E-state index in [-0.39, 0.29) is 11.0 Å². The van der Waals surface area contributed by atoms with E-state index in [2.05, 4.69) is 9.97 Å². The normalized spacial score (nSPS) is 11.3. The predicted molar refractivity (Wildman–Crippen MR) is 64.2 cm³/mol. The summed E-state index contributed by atoms with van der Waals surface area (Å²) in [5, 5.41) is -0.00881.